The standard InChI is InChI=1S/C17H27NS/c1-5-12-6-7-19-16(12)10-18-15-9-13-8-14(11(15)2)17(13,3)4/h6-7,11,13-15,18H,5,8-10H2,1-4H3/t11-,13-,14+,15-/m1/s1. The quantitative estimate of drug-likeness (QED) is 0.856. The first-order valence-electron chi connectivity index (χ1n) is 7.82. The number of hydrogen-bond donors (Lipinski definition) is 1. The fourth-order valence-electron chi connectivity index (χ4n) is 4.48. The third-order valence-electron chi connectivity index (χ3n) is 6.10. The second kappa shape index (κ2) is 4.89. The lowest BCUT2D eigenvalue weighted by molar-refractivity contribution is -0.115. The molecule has 3 fully saturated rings. The summed E-state index contributed by atoms with van der Waals surface area (Å²) in [5.41, 5.74) is 2.14. The molecule has 0 saturated heterocycles. The van der Waals surface area contributed by atoms with E-state index in [1.54, 1.807) is 4.88 Å². The van der Waals surface area contributed by atoms with Crippen LogP contribution in [0.25, 0.3) is 0 Å². The van der Waals surface area contributed by atoms with E-state index in [9.17, 15) is 0 Å². The Labute approximate surface area is 121 Å². The fraction of sp³-hybridized carbons (Fsp3) is 0.765. The highest BCUT2D eigenvalue weighted by Gasteiger charge is 2.55. The molecule has 3 saturated carbocycles. The van der Waals surface area contributed by atoms with Crippen LogP contribution in [0.1, 0.15) is 51.0 Å². The maximum Gasteiger partial charge on any atom is 0.0305 e. The minimum absolute atomic E-state index is 0.606. The molecule has 1 aromatic rings. The molecule has 4 atom stereocenters. The summed E-state index contributed by atoms with van der Waals surface area (Å²) in [5.74, 6) is 2.74. The molecule has 1 N–H and O–H groups in total. The lowest BCUT2D eigenvalue weighted by Crippen LogP contribution is -2.59. The highest BCUT2D eigenvalue weighted by molar-refractivity contribution is 7.10. The van der Waals surface area contributed by atoms with E-state index in [2.05, 4.69) is 44.5 Å². The van der Waals surface area contributed by atoms with Crippen LogP contribution in [0.2, 0.25) is 0 Å². The maximum absolute atomic E-state index is 3.86. The van der Waals surface area contributed by atoms with E-state index in [0.717, 1.165) is 30.3 Å². The molecule has 106 valence electrons. The number of thiophene rings is 1. The Kier molecular flexibility index (Phi) is 3.51. The summed E-state index contributed by atoms with van der Waals surface area (Å²) >= 11 is 1.91. The van der Waals surface area contributed by atoms with Crippen molar-refractivity contribution >= 4 is 11.3 Å². The average Bonchev–Trinajstić information content (AvgIpc) is 2.84. The minimum Gasteiger partial charge on any atom is -0.309 e. The normalized spacial score (nSPS) is 36.0. The Bertz CT molecular complexity index is 448. The van der Waals surface area contributed by atoms with Gasteiger partial charge in [-0.3, -0.25) is 0 Å². The molecule has 3 aliphatic rings. The molecule has 4 rings (SSSR count). The Hall–Kier alpha value is -0.340. The van der Waals surface area contributed by atoms with Crippen molar-refractivity contribution < 1.29 is 0 Å². The second-order valence-corrected chi connectivity index (χ2v) is 8.17. The average molecular weight is 277 g/mol. The molecular formula is C17H27NS. The van der Waals surface area contributed by atoms with Crippen LogP contribution in [0.5, 0.6) is 0 Å². The van der Waals surface area contributed by atoms with Crippen LogP contribution in [0.3, 0.4) is 0 Å². The third kappa shape index (κ3) is 2.17. The van der Waals surface area contributed by atoms with Gasteiger partial charge in [-0.1, -0.05) is 27.7 Å². The zero-order valence-corrected chi connectivity index (χ0v) is 13.5. The molecule has 0 amide bonds. The van der Waals surface area contributed by atoms with Gasteiger partial charge in [-0.15, -0.1) is 11.3 Å². The van der Waals surface area contributed by atoms with Gasteiger partial charge < -0.3 is 5.32 Å². The van der Waals surface area contributed by atoms with Crippen molar-refractivity contribution in [2.24, 2.45) is 23.2 Å². The summed E-state index contributed by atoms with van der Waals surface area (Å²) in [6.45, 7) is 10.8. The number of hydrogen-bond acceptors (Lipinski definition) is 2. The van der Waals surface area contributed by atoms with Gasteiger partial charge in [0.25, 0.3) is 0 Å². The van der Waals surface area contributed by atoms with E-state index in [1.807, 2.05) is 11.3 Å². The van der Waals surface area contributed by atoms with Gasteiger partial charge in [0, 0.05) is 17.5 Å². The number of fused-ring (bicyclic) bond motifs is 2. The molecule has 0 unspecified atom stereocenters. The first-order valence-corrected chi connectivity index (χ1v) is 8.70. The molecule has 0 aromatic carbocycles. The van der Waals surface area contributed by atoms with Gasteiger partial charge in [0.2, 0.25) is 0 Å². The Balaban J connectivity index is 1.60. The van der Waals surface area contributed by atoms with Gasteiger partial charge in [-0.25, -0.2) is 0 Å². The molecule has 0 aliphatic heterocycles. The van der Waals surface area contributed by atoms with E-state index in [4.69, 9.17) is 0 Å². The summed E-state index contributed by atoms with van der Waals surface area (Å²) in [5, 5.41) is 6.09. The molecule has 1 heterocycles. The predicted molar refractivity (Wildman–Crippen MR) is 83.5 cm³/mol. The zero-order chi connectivity index (χ0) is 13.6. The number of aryl methyl sites for hydroxylation is 1. The van der Waals surface area contributed by atoms with E-state index < -0.39 is 0 Å². The highest BCUT2D eigenvalue weighted by Crippen LogP contribution is 2.61. The van der Waals surface area contributed by atoms with Crippen LogP contribution < -0.4 is 5.32 Å². The lowest BCUT2D eigenvalue weighted by Gasteiger charge is -2.62. The zero-order valence-electron chi connectivity index (χ0n) is 12.7. The Morgan fingerprint density at radius 1 is 1.37 bits per heavy atom. The second-order valence-electron chi connectivity index (χ2n) is 7.17. The van der Waals surface area contributed by atoms with Crippen LogP contribution in [0.15, 0.2) is 11.4 Å². The van der Waals surface area contributed by atoms with Crippen molar-refractivity contribution in [2.75, 3.05) is 0 Å². The topological polar surface area (TPSA) is 12.0 Å². The van der Waals surface area contributed by atoms with Crippen LogP contribution in [-0.2, 0) is 13.0 Å². The van der Waals surface area contributed by atoms with Crippen LogP contribution in [0.4, 0.5) is 0 Å². The van der Waals surface area contributed by atoms with Crippen LogP contribution in [-0.4, -0.2) is 6.04 Å². The van der Waals surface area contributed by atoms with Crippen LogP contribution in [0, 0.1) is 23.2 Å². The van der Waals surface area contributed by atoms with Gasteiger partial charge >= 0.3 is 0 Å². The largest absolute Gasteiger partial charge is 0.309 e. The highest BCUT2D eigenvalue weighted by atomic mass is 32.1. The molecular weight excluding hydrogens is 250 g/mol. The van der Waals surface area contributed by atoms with Gasteiger partial charge in [-0.2, -0.15) is 0 Å². The number of rotatable bonds is 4. The molecule has 2 bridgehead atoms. The third-order valence-corrected chi connectivity index (χ3v) is 7.06. The van der Waals surface area contributed by atoms with E-state index in [0.29, 0.717) is 5.41 Å². The lowest BCUT2D eigenvalue weighted by atomic mass is 9.45. The summed E-state index contributed by atoms with van der Waals surface area (Å²) in [6.07, 6.45) is 4.03. The molecule has 1 aromatic heterocycles. The molecule has 1 nitrogen and oxygen atoms in total. The van der Waals surface area contributed by atoms with Crippen molar-refractivity contribution in [3.8, 4) is 0 Å². The number of nitrogens with one attached hydrogen (secondary N) is 1. The summed E-state index contributed by atoms with van der Waals surface area (Å²) in [7, 11) is 0. The molecule has 0 spiro atoms. The van der Waals surface area contributed by atoms with Crippen molar-refractivity contribution in [1.29, 1.82) is 0 Å². The monoisotopic (exact) mass is 277 g/mol. The van der Waals surface area contributed by atoms with Crippen LogP contribution >= 0.6 is 11.3 Å². The Morgan fingerprint density at radius 3 is 2.79 bits per heavy atom. The van der Waals surface area contributed by atoms with Crippen molar-refractivity contribution in [3.05, 3.63) is 21.9 Å². The summed E-state index contributed by atoms with van der Waals surface area (Å²) < 4.78 is 0. The van der Waals surface area contributed by atoms with E-state index >= 15 is 0 Å². The van der Waals surface area contributed by atoms with Gasteiger partial charge in [0.05, 0.1) is 0 Å². The van der Waals surface area contributed by atoms with Crippen molar-refractivity contribution in [1.82, 2.24) is 5.32 Å². The minimum atomic E-state index is 0.606. The van der Waals surface area contributed by atoms with Gasteiger partial charge in [0.15, 0.2) is 0 Å². The molecule has 0 radical (unpaired) electrons. The van der Waals surface area contributed by atoms with Gasteiger partial charge in [0.1, 0.15) is 0 Å². The molecule has 2 heteroatoms. The van der Waals surface area contributed by atoms with Crippen molar-refractivity contribution in [3.63, 3.8) is 0 Å². The first kappa shape index (κ1) is 13.6. The molecule has 3 aliphatic carbocycles. The van der Waals surface area contributed by atoms with Crippen molar-refractivity contribution in [2.45, 2.75) is 59.5 Å². The predicted octanol–water partition coefficient (Wildman–Crippen LogP) is 4.47. The SMILES string of the molecule is CCc1ccsc1CN[C@@H]1C[C@H]2C[C@@H]([C@H]1C)C2(C)C. The molecule has 19 heavy (non-hydrogen) atoms. The summed E-state index contributed by atoms with van der Waals surface area (Å²) in [4.78, 5) is 1.55. The first-order chi connectivity index (χ1) is 9.04. The van der Waals surface area contributed by atoms with E-state index in [1.165, 1.54) is 24.8 Å². The maximum atomic E-state index is 3.86. The van der Waals surface area contributed by atoms with Gasteiger partial charge in [-0.05, 0) is 59.4 Å². The smallest absolute Gasteiger partial charge is 0.0305 e. The fourth-order valence-corrected chi connectivity index (χ4v) is 5.41. The van der Waals surface area contributed by atoms with E-state index in [-0.39, 0.29) is 0 Å². The summed E-state index contributed by atoms with van der Waals surface area (Å²) in [6, 6.07) is 3.02. The Morgan fingerprint density at radius 2 is 2.16 bits per heavy atom.